The maximum Gasteiger partial charge on any atom is 0.266 e. The van der Waals surface area contributed by atoms with E-state index in [-0.39, 0.29) is 21.5 Å². The van der Waals surface area contributed by atoms with Crippen LogP contribution in [0.25, 0.3) is 38.4 Å². The Bertz CT molecular complexity index is 1580. The van der Waals surface area contributed by atoms with Crippen LogP contribution in [0.5, 0.6) is 0 Å². The topological polar surface area (TPSA) is 78.1 Å². The molecule has 0 fully saturated rings. The predicted octanol–water partition coefficient (Wildman–Crippen LogP) is 2.41. The maximum absolute atomic E-state index is 13.0. The molecule has 5 aromatic rings. The zero-order valence-electron chi connectivity index (χ0n) is 16.3. The summed E-state index contributed by atoms with van der Waals surface area (Å²) in [7, 11) is 1.38. The first-order chi connectivity index (χ1) is 14.4. The highest BCUT2D eigenvalue weighted by molar-refractivity contribution is 5.98. The number of aryl methyl sites for hydroxylation is 1. The lowest BCUT2D eigenvalue weighted by molar-refractivity contribution is 0.856. The summed E-state index contributed by atoms with van der Waals surface area (Å²) in [6, 6.07) is 17.9. The molecule has 0 amide bonds. The Hall–Kier alpha value is -4.06. The van der Waals surface area contributed by atoms with Crippen molar-refractivity contribution in [3.05, 3.63) is 108 Å². The minimum absolute atomic E-state index is 0.137. The Balaban J connectivity index is 1.70. The molecule has 6 nitrogen and oxygen atoms in total. The van der Waals surface area contributed by atoms with Crippen molar-refractivity contribution in [1.29, 1.82) is 0 Å². The number of hydrogen-bond acceptors (Lipinski definition) is 4. The molecular formula is C24H16N2O4. The van der Waals surface area contributed by atoms with Gasteiger partial charge in [0.25, 0.3) is 22.2 Å². The van der Waals surface area contributed by atoms with Crippen molar-refractivity contribution >= 4 is 21.5 Å². The molecule has 0 aliphatic rings. The van der Waals surface area contributed by atoms with Crippen molar-refractivity contribution in [2.45, 2.75) is 6.92 Å². The quantitative estimate of drug-likeness (QED) is 0.459. The molecule has 0 spiro atoms. The second-order valence-electron chi connectivity index (χ2n) is 7.47. The number of fused-ring (bicyclic) bond motifs is 2. The molecule has 3 aromatic carbocycles. The lowest BCUT2D eigenvalue weighted by Crippen LogP contribution is -2.23. The third-order valence-electron chi connectivity index (χ3n) is 5.61. The molecule has 0 unspecified atom stereocenters. The third kappa shape index (κ3) is 2.43. The molecule has 2 heterocycles. The molecule has 2 aromatic heterocycles. The lowest BCUT2D eigenvalue weighted by atomic mass is 10.0. The summed E-state index contributed by atoms with van der Waals surface area (Å²) in [5.74, 6) is 0. The van der Waals surface area contributed by atoms with E-state index in [2.05, 4.69) is 0 Å². The SMILES string of the molecule is Cc1ccc(-c2ccc(-n3c(=O)c4cc5c(=O)n(C)c(=O)c5cc4c3=O)cc2)cc1. The van der Waals surface area contributed by atoms with Gasteiger partial charge in [-0.2, -0.15) is 0 Å². The Morgan fingerprint density at radius 3 is 1.43 bits per heavy atom. The lowest BCUT2D eigenvalue weighted by Gasteiger charge is -2.05. The Morgan fingerprint density at radius 2 is 0.967 bits per heavy atom. The molecule has 0 aliphatic heterocycles. The minimum Gasteiger partial charge on any atom is -0.277 e. The highest BCUT2D eigenvalue weighted by Crippen LogP contribution is 2.22. The Kier molecular flexibility index (Phi) is 3.73. The van der Waals surface area contributed by atoms with Crippen molar-refractivity contribution in [1.82, 2.24) is 9.13 Å². The second kappa shape index (κ2) is 6.22. The van der Waals surface area contributed by atoms with Gasteiger partial charge in [0.15, 0.2) is 0 Å². The average molecular weight is 396 g/mol. The van der Waals surface area contributed by atoms with Crippen molar-refractivity contribution < 1.29 is 0 Å². The van der Waals surface area contributed by atoms with Crippen LogP contribution in [0, 0.1) is 6.92 Å². The van der Waals surface area contributed by atoms with Crippen LogP contribution >= 0.6 is 0 Å². The van der Waals surface area contributed by atoms with Crippen molar-refractivity contribution in [3.63, 3.8) is 0 Å². The fourth-order valence-corrected chi connectivity index (χ4v) is 3.88. The van der Waals surface area contributed by atoms with Crippen LogP contribution in [0.3, 0.4) is 0 Å². The maximum atomic E-state index is 13.0. The van der Waals surface area contributed by atoms with Gasteiger partial charge >= 0.3 is 0 Å². The fourth-order valence-electron chi connectivity index (χ4n) is 3.88. The second-order valence-corrected chi connectivity index (χ2v) is 7.47. The Morgan fingerprint density at radius 1 is 0.567 bits per heavy atom. The van der Waals surface area contributed by atoms with E-state index in [1.165, 1.54) is 19.2 Å². The van der Waals surface area contributed by atoms with Gasteiger partial charge < -0.3 is 0 Å². The number of benzene rings is 3. The largest absolute Gasteiger partial charge is 0.277 e. The number of rotatable bonds is 2. The summed E-state index contributed by atoms with van der Waals surface area (Å²) in [6.45, 7) is 2.02. The monoisotopic (exact) mass is 396 g/mol. The molecule has 30 heavy (non-hydrogen) atoms. The highest BCUT2D eigenvalue weighted by Gasteiger charge is 2.19. The van der Waals surface area contributed by atoms with E-state index in [1.54, 1.807) is 12.1 Å². The van der Waals surface area contributed by atoms with Crippen LogP contribution in [-0.4, -0.2) is 9.13 Å². The summed E-state index contributed by atoms with van der Waals surface area (Å²) >= 11 is 0. The van der Waals surface area contributed by atoms with Crippen LogP contribution < -0.4 is 22.2 Å². The zero-order chi connectivity index (χ0) is 21.2. The van der Waals surface area contributed by atoms with Crippen LogP contribution in [-0.2, 0) is 7.05 Å². The van der Waals surface area contributed by atoms with Crippen molar-refractivity contribution in [2.75, 3.05) is 0 Å². The highest BCUT2D eigenvalue weighted by atomic mass is 16.2. The van der Waals surface area contributed by atoms with Crippen molar-refractivity contribution in [3.8, 4) is 16.8 Å². The summed E-state index contributed by atoms with van der Waals surface area (Å²) in [5, 5.41) is 0.577. The standard InChI is InChI=1S/C24H16N2O4/c1-13-3-5-14(6-4-13)15-7-9-16(10-8-15)26-23(29)19-11-17-18(12-20(19)24(26)30)22(28)25(2)21(17)27/h3-12H,1-2H3. The molecule has 0 atom stereocenters. The van der Waals surface area contributed by atoms with Gasteiger partial charge in [-0.15, -0.1) is 0 Å². The number of aromatic nitrogens is 2. The first-order valence-corrected chi connectivity index (χ1v) is 9.43. The zero-order valence-corrected chi connectivity index (χ0v) is 16.3. The van der Waals surface area contributed by atoms with Crippen LogP contribution in [0.15, 0.2) is 79.8 Å². The van der Waals surface area contributed by atoms with E-state index in [9.17, 15) is 19.2 Å². The van der Waals surface area contributed by atoms with E-state index in [4.69, 9.17) is 0 Å². The molecular weight excluding hydrogens is 380 g/mol. The van der Waals surface area contributed by atoms with E-state index >= 15 is 0 Å². The first-order valence-electron chi connectivity index (χ1n) is 9.43. The molecule has 5 rings (SSSR count). The molecule has 0 saturated carbocycles. The fraction of sp³-hybridized carbons (Fsp3) is 0.0833. The van der Waals surface area contributed by atoms with Gasteiger partial charge in [0.1, 0.15) is 0 Å². The number of hydrogen-bond donors (Lipinski definition) is 0. The summed E-state index contributed by atoms with van der Waals surface area (Å²) in [6.07, 6.45) is 0. The average Bonchev–Trinajstić information content (AvgIpc) is 3.13. The molecule has 0 bridgehead atoms. The van der Waals surface area contributed by atoms with Gasteiger partial charge in [0.05, 0.1) is 27.2 Å². The molecule has 0 radical (unpaired) electrons. The molecule has 0 saturated heterocycles. The Labute approximate surface area is 169 Å². The summed E-state index contributed by atoms with van der Waals surface area (Å²) in [5.41, 5.74) is 1.65. The number of nitrogens with zero attached hydrogens (tertiary/aromatic N) is 2. The van der Waals surface area contributed by atoms with Gasteiger partial charge in [-0.1, -0.05) is 42.0 Å². The predicted molar refractivity (Wildman–Crippen MR) is 117 cm³/mol. The molecule has 146 valence electrons. The van der Waals surface area contributed by atoms with Crippen LogP contribution in [0.2, 0.25) is 0 Å². The van der Waals surface area contributed by atoms with E-state index < -0.39 is 22.2 Å². The van der Waals surface area contributed by atoms with Crippen LogP contribution in [0.1, 0.15) is 5.56 Å². The minimum atomic E-state index is -0.504. The normalized spacial score (nSPS) is 11.5. The molecule has 6 heteroatoms. The van der Waals surface area contributed by atoms with E-state index in [0.29, 0.717) is 5.69 Å². The first kappa shape index (κ1) is 18.0. The third-order valence-corrected chi connectivity index (χ3v) is 5.61. The smallest absolute Gasteiger partial charge is 0.266 e. The summed E-state index contributed by atoms with van der Waals surface area (Å²) in [4.78, 5) is 50.4. The summed E-state index contributed by atoms with van der Waals surface area (Å²) < 4.78 is 2.06. The molecule has 0 aliphatic carbocycles. The van der Waals surface area contributed by atoms with Gasteiger partial charge in [0, 0.05) is 7.05 Å². The van der Waals surface area contributed by atoms with E-state index in [1.807, 2.05) is 43.3 Å². The molecule has 0 N–H and O–H groups in total. The van der Waals surface area contributed by atoms with Crippen LogP contribution in [0.4, 0.5) is 0 Å². The van der Waals surface area contributed by atoms with E-state index in [0.717, 1.165) is 25.8 Å². The van der Waals surface area contributed by atoms with Gasteiger partial charge in [-0.05, 0) is 42.3 Å². The van der Waals surface area contributed by atoms with Gasteiger partial charge in [0.2, 0.25) is 0 Å². The van der Waals surface area contributed by atoms with Gasteiger partial charge in [-0.25, -0.2) is 4.57 Å². The van der Waals surface area contributed by atoms with Crippen molar-refractivity contribution in [2.24, 2.45) is 7.05 Å². The van der Waals surface area contributed by atoms with Gasteiger partial charge in [-0.3, -0.25) is 23.7 Å².